The highest BCUT2D eigenvalue weighted by Crippen LogP contribution is 2.14. The van der Waals surface area contributed by atoms with Gasteiger partial charge in [0.2, 0.25) is 0 Å². The molecule has 18 heavy (non-hydrogen) atoms. The quantitative estimate of drug-likeness (QED) is 0.761. The molecule has 5 heteroatoms. The summed E-state index contributed by atoms with van der Waals surface area (Å²) >= 11 is 0. The van der Waals surface area contributed by atoms with E-state index in [2.05, 4.69) is 27.9 Å². The largest absolute Gasteiger partial charge is 0.481 e. The predicted octanol–water partition coefficient (Wildman–Crippen LogP) is 1.62. The van der Waals surface area contributed by atoms with Gasteiger partial charge in [0.1, 0.15) is 0 Å². The van der Waals surface area contributed by atoms with Crippen LogP contribution in [0, 0.1) is 0 Å². The fraction of sp³-hybridized carbons (Fsp3) is 0.385. The third-order valence-corrected chi connectivity index (χ3v) is 2.87. The highest BCUT2D eigenvalue weighted by Gasteiger charge is 2.02. The van der Waals surface area contributed by atoms with Crippen LogP contribution in [-0.4, -0.2) is 27.2 Å². The van der Waals surface area contributed by atoms with Crippen molar-refractivity contribution in [2.24, 2.45) is 0 Å². The monoisotopic (exact) mass is 247 g/mol. The Morgan fingerprint density at radius 3 is 3.06 bits per heavy atom. The number of carboxylic acids is 1. The lowest BCUT2D eigenvalue weighted by Gasteiger charge is -2.04. The van der Waals surface area contributed by atoms with E-state index in [4.69, 9.17) is 5.11 Å². The fourth-order valence-electron chi connectivity index (χ4n) is 1.90. The number of hydrogen-bond acceptors (Lipinski definition) is 3. The maximum absolute atomic E-state index is 10.4. The highest BCUT2D eigenvalue weighted by atomic mass is 16.4. The number of carbonyl (C=O) groups is 1. The molecule has 0 radical (unpaired) electrons. The van der Waals surface area contributed by atoms with Crippen LogP contribution in [0.15, 0.2) is 24.5 Å². The number of imidazole rings is 1. The van der Waals surface area contributed by atoms with Gasteiger partial charge in [-0.15, -0.1) is 0 Å². The molecular weight excluding hydrogens is 230 g/mol. The van der Waals surface area contributed by atoms with Crippen molar-refractivity contribution < 1.29 is 9.90 Å². The van der Waals surface area contributed by atoms with Gasteiger partial charge in [-0.3, -0.25) is 4.79 Å². The number of aliphatic carboxylic acids is 1. The molecule has 0 saturated carbocycles. The molecule has 0 fully saturated rings. The number of carboxylic acid groups (broad SMARTS) is 1. The molecule has 0 atom stereocenters. The fourth-order valence-corrected chi connectivity index (χ4v) is 1.90. The van der Waals surface area contributed by atoms with Crippen LogP contribution in [0.5, 0.6) is 0 Å². The van der Waals surface area contributed by atoms with Crippen LogP contribution in [-0.2, 0) is 17.9 Å². The Kier molecular flexibility index (Phi) is 3.94. The topological polar surface area (TPSA) is 67.2 Å². The molecule has 2 rings (SSSR count). The Bertz CT molecular complexity index is 548. The van der Waals surface area contributed by atoms with E-state index in [1.54, 1.807) is 0 Å². The Morgan fingerprint density at radius 2 is 2.33 bits per heavy atom. The number of hydrogen-bond donors (Lipinski definition) is 2. The third kappa shape index (κ3) is 2.87. The molecule has 0 aliphatic heterocycles. The summed E-state index contributed by atoms with van der Waals surface area (Å²) in [5.74, 6) is -0.778. The summed E-state index contributed by atoms with van der Waals surface area (Å²) in [6.07, 6.45) is 1.99. The van der Waals surface area contributed by atoms with Gasteiger partial charge in [0.25, 0.3) is 0 Å². The number of benzene rings is 1. The van der Waals surface area contributed by atoms with Crippen molar-refractivity contribution in [3.63, 3.8) is 0 Å². The van der Waals surface area contributed by atoms with Gasteiger partial charge >= 0.3 is 5.97 Å². The standard InChI is InChI=1S/C13H17N3O2/c1-2-16-9-15-11-7-10(3-4-12(11)16)8-14-6-5-13(17)18/h3-4,7,9,14H,2,5-6,8H2,1H3,(H,17,18). The van der Waals surface area contributed by atoms with Gasteiger partial charge in [-0.2, -0.15) is 0 Å². The van der Waals surface area contributed by atoms with E-state index >= 15 is 0 Å². The van der Waals surface area contributed by atoms with Crippen LogP contribution in [0.25, 0.3) is 11.0 Å². The maximum Gasteiger partial charge on any atom is 0.304 e. The zero-order valence-electron chi connectivity index (χ0n) is 10.4. The SMILES string of the molecule is CCn1cnc2cc(CNCCC(=O)O)ccc21. The Hall–Kier alpha value is -1.88. The summed E-state index contributed by atoms with van der Waals surface area (Å²) in [5.41, 5.74) is 3.23. The molecule has 1 heterocycles. The normalized spacial score (nSPS) is 10.9. The van der Waals surface area contributed by atoms with Gasteiger partial charge in [-0.1, -0.05) is 6.07 Å². The summed E-state index contributed by atoms with van der Waals surface area (Å²) in [7, 11) is 0. The molecule has 96 valence electrons. The lowest BCUT2D eigenvalue weighted by Crippen LogP contribution is -2.17. The van der Waals surface area contributed by atoms with Crippen LogP contribution in [0.1, 0.15) is 18.9 Å². The average Bonchev–Trinajstić information content (AvgIpc) is 2.76. The van der Waals surface area contributed by atoms with Crippen LogP contribution in [0.4, 0.5) is 0 Å². The van der Waals surface area contributed by atoms with E-state index < -0.39 is 5.97 Å². The van der Waals surface area contributed by atoms with Crippen LogP contribution in [0.3, 0.4) is 0 Å². The van der Waals surface area contributed by atoms with E-state index in [0.29, 0.717) is 13.1 Å². The second kappa shape index (κ2) is 5.64. The summed E-state index contributed by atoms with van der Waals surface area (Å²) in [6, 6.07) is 6.14. The van der Waals surface area contributed by atoms with Crippen molar-refractivity contribution in [3.8, 4) is 0 Å². The van der Waals surface area contributed by atoms with Gasteiger partial charge in [-0.05, 0) is 24.6 Å². The number of aryl methyl sites for hydroxylation is 1. The summed E-state index contributed by atoms with van der Waals surface area (Å²) in [4.78, 5) is 14.7. The molecule has 0 spiro atoms. The molecular formula is C13H17N3O2. The molecule has 2 N–H and O–H groups in total. The van der Waals surface area contributed by atoms with Gasteiger partial charge in [-0.25, -0.2) is 4.98 Å². The minimum atomic E-state index is -0.778. The summed E-state index contributed by atoms with van der Waals surface area (Å²) in [5, 5.41) is 11.6. The minimum Gasteiger partial charge on any atom is -0.481 e. The highest BCUT2D eigenvalue weighted by molar-refractivity contribution is 5.76. The van der Waals surface area contributed by atoms with Crippen molar-refractivity contribution >= 4 is 17.0 Å². The number of nitrogens with zero attached hydrogens (tertiary/aromatic N) is 2. The van der Waals surface area contributed by atoms with Gasteiger partial charge in [0.05, 0.1) is 23.8 Å². The van der Waals surface area contributed by atoms with Gasteiger partial charge in [0.15, 0.2) is 0 Å². The lowest BCUT2D eigenvalue weighted by atomic mass is 10.2. The smallest absolute Gasteiger partial charge is 0.304 e. The van der Waals surface area contributed by atoms with Crippen LogP contribution in [0.2, 0.25) is 0 Å². The summed E-state index contributed by atoms with van der Waals surface area (Å²) < 4.78 is 2.09. The van der Waals surface area contributed by atoms with Crippen LogP contribution >= 0.6 is 0 Å². The first-order valence-corrected chi connectivity index (χ1v) is 6.07. The minimum absolute atomic E-state index is 0.146. The van der Waals surface area contributed by atoms with Gasteiger partial charge < -0.3 is 15.0 Å². The maximum atomic E-state index is 10.4. The van der Waals surface area contributed by atoms with E-state index in [0.717, 1.165) is 23.1 Å². The molecule has 0 aliphatic carbocycles. The number of aromatic nitrogens is 2. The molecule has 0 aliphatic rings. The Morgan fingerprint density at radius 1 is 1.50 bits per heavy atom. The van der Waals surface area contributed by atoms with Crippen molar-refractivity contribution in [1.29, 1.82) is 0 Å². The molecule has 5 nitrogen and oxygen atoms in total. The first-order chi connectivity index (χ1) is 8.70. The average molecular weight is 247 g/mol. The molecule has 0 amide bonds. The first kappa shape index (κ1) is 12.6. The lowest BCUT2D eigenvalue weighted by molar-refractivity contribution is -0.136. The third-order valence-electron chi connectivity index (χ3n) is 2.87. The predicted molar refractivity (Wildman–Crippen MR) is 69.4 cm³/mol. The van der Waals surface area contributed by atoms with Crippen molar-refractivity contribution in [2.45, 2.75) is 26.4 Å². The number of rotatable bonds is 6. The number of fused-ring (bicyclic) bond motifs is 1. The van der Waals surface area contributed by atoms with E-state index in [1.165, 1.54) is 0 Å². The Labute approximate surface area is 105 Å². The van der Waals surface area contributed by atoms with Crippen molar-refractivity contribution in [2.75, 3.05) is 6.54 Å². The molecule has 1 aromatic carbocycles. The van der Waals surface area contributed by atoms with Crippen LogP contribution < -0.4 is 5.32 Å². The van der Waals surface area contributed by atoms with Gasteiger partial charge in [0, 0.05) is 19.6 Å². The molecule has 0 unspecified atom stereocenters. The second-order valence-corrected chi connectivity index (χ2v) is 4.17. The molecule has 0 bridgehead atoms. The van der Waals surface area contributed by atoms with Crippen molar-refractivity contribution in [1.82, 2.24) is 14.9 Å². The van der Waals surface area contributed by atoms with E-state index in [-0.39, 0.29) is 6.42 Å². The zero-order valence-corrected chi connectivity index (χ0v) is 10.4. The molecule has 0 saturated heterocycles. The molecule has 2 aromatic rings. The van der Waals surface area contributed by atoms with Crippen molar-refractivity contribution in [3.05, 3.63) is 30.1 Å². The zero-order chi connectivity index (χ0) is 13.0. The first-order valence-electron chi connectivity index (χ1n) is 6.07. The summed E-state index contributed by atoms with van der Waals surface area (Å²) in [6.45, 7) is 4.15. The number of nitrogens with one attached hydrogen (secondary N) is 1. The second-order valence-electron chi connectivity index (χ2n) is 4.17. The van der Waals surface area contributed by atoms with E-state index in [1.807, 2.05) is 18.5 Å². The Balaban J connectivity index is 2.00. The molecule has 1 aromatic heterocycles. The van der Waals surface area contributed by atoms with E-state index in [9.17, 15) is 4.79 Å².